The summed E-state index contributed by atoms with van der Waals surface area (Å²) < 4.78 is 13.1. The molecule has 0 aromatic rings. The van der Waals surface area contributed by atoms with E-state index in [0.29, 0.717) is 11.3 Å². The minimum Gasteiger partial charge on any atom is -0.323 e. The summed E-state index contributed by atoms with van der Waals surface area (Å²) in [6.45, 7) is 6.62. The van der Waals surface area contributed by atoms with Crippen LogP contribution in [0.4, 0.5) is 0 Å². The van der Waals surface area contributed by atoms with Crippen LogP contribution in [0, 0.1) is 0 Å². The molecule has 0 saturated heterocycles. The summed E-state index contributed by atoms with van der Waals surface area (Å²) in [4.78, 5) is 0. The lowest BCUT2D eigenvalue weighted by atomic mass is 10.2. The second-order valence-electron chi connectivity index (χ2n) is 6.02. The lowest BCUT2D eigenvalue weighted by molar-refractivity contribution is 0.550. The van der Waals surface area contributed by atoms with Gasteiger partial charge in [0, 0.05) is 17.5 Å². The van der Waals surface area contributed by atoms with Gasteiger partial charge in [-0.2, -0.15) is 0 Å². The average molecular weight is 258 g/mol. The van der Waals surface area contributed by atoms with Gasteiger partial charge < -0.3 is 4.57 Å². The average Bonchev–Trinajstić information content (AvgIpc) is 2.82. The maximum absolute atomic E-state index is 13.1. The van der Waals surface area contributed by atoms with Gasteiger partial charge in [0.05, 0.1) is 7.14 Å². The molecular formula is C15H31OP. The second kappa shape index (κ2) is 7.62. The fraction of sp³-hybridized carbons (Fsp3) is 1.00. The Morgan fingerprint density at radius 3 is 2.18 bits per heavy atom. The van der Waals surface area contributed by atoms with E-state index >= 15 is 0 Å². The van der Waals surface area contributed by atoms with Crippen LogP contribution in [0.5, 0.6) is 0 Å². The first-order valence-electron chi connectivity index (χ1n) is 7.69. The molecule has 1 nitrogen and oxygen atoms in total. The normalized spacial score (nSPS) is 20.9. The molecule has 0 aromatic carbocycles. The third-order valence-corrected chi connectivity index (χ3v) is 8.94. The molecule has 1 unspecified atom stereocenters. The van der Waals surface area contributed by atoms with Crippen molar-refractivity contribution in [2.75, 3.05) is 6.16 Å². The SMILES string of the molecule is CCCCCCCP(=O)(C(C)C)C1CCCC1. The first-order valence-corrected chi connectivity index (χ1v) is 9.72. The number of hydrogen-bond acceptors (Lipinski definition) is 1. The largest absolute Gasteiger partial charge is 0.323 e. The van der Waals surface area contributed by atoms with E-state index < -0.39 is 7.14 Å². The summed E-state index contributed by atoms with van der Waals surface area (Å²) in [5, 5.41) is 0. The molecule has 17 heavy (non-hydrogen) atoms. The third-order valence-electron chi connectivity index (χ3n) is 4.43. The van der Waals surface area contributed by atoms with Gasteiger partial charge in [0.1, 0.15) is 0 Å². The third kappa shape index (κ3) is 4.43. The molecule has 0 heterocycles. The molecule has 1 atom stereocenters. The second-order valence-corrected chi connectivity index (χ2v) is 9.94. The summed E-state index contributed by atoms with van der Waals surface area (Å²) >= 11 is 0. The molecule has 1 rings (SSSR count). The molecule has 2 heteroatoms. The first kappa shape index (κ1) is 15.3. The minimum absolute atomic E-state index is 0.414. The number of rotatable bonds is 8. The van der Waals surface area contributed by atoms with Gasteiger partial charge in [0.15, 0.2) is 0 Å². The summed E-state index contributed by atoms with van der Waals surface area (Å²) in [7, 11) is -1.89. The van der Waals surface area contributed by atoms with Gasteiger partial charge in [-0.25, -0.2) is 0 Å². The van der Waals surface area contributed by atoms with Gasteiger partial charge in [-0.1, -0.05) is 59.3 Å². The highest BCUT2D eigenvalue weighted by Gasteiger charge is 2.36. The standard InChI is InChI=1S/C15H31OP/c1-4-5-6-7-10-13-17(16,14(2)3)15-11-8-9-12-15/h14-15H,4-13H2,1-3H3. The highest BCUT2D eigenvalue weighted by atomic mass is 31.2. The molecule has 0 aliphatic heterocycles. The van der Waals surface area contributed by atoms with Gasteiger partial charge in [-0.15, -0.1) is 0 Å². The van der Waals surface area contributed by atoms with Gasteiger partial charge in [0.25, 0.3) is 0 Å². The summed E-state index contributed by atoms with van der Waals surface area (Å²) in [5.74, 6) is 0. The lowest BCUT2D eigenvalue weighted by Gasteiger charge is -2.28. The quantitative estimate of drug-likeness (QED) is 0.405. The molecule has 0 spiro atoms. The van der Waals surface area contributed by atoms with Crippen molar-refractivity contribution >= 4 is 7.14 Å². The molecule has 1 aliphatic rings. The van der Waals surface area contributed by atoms with E-state index in [1.807, 2.05) is 0 Å². The van der Waals surface area contributed by atoms with E-state index in [0.717, 1.165) is 6.16 Å². The number of hydrogen-bond donors (Lipinski definition) is 0. The molecule has 1 aliphatic carbocycles. The van der Waals surface area contributed by atoms with Crippen molar-refractivity contribution in [3.05, 3.63) is 0 Å². The summed E-state index contributed by atoms with van der Waals surface area (Å²) in [6.07, 6.45) is 12.6. The van der Waals surface area contributed by atoms with E-state index in [9.17, 15) is 4.57 Å². The van der Waals surface area contributed by atoms with Crippen LogP contribution in [-0.2, 0) is 4.57 Å². The van der Waals surface area contributed by atoms with Crippen molar-refractivity contribution < 1.29 is 4.57 Å². The van der Waals surface area contributed by atoms with E-state index in [4.69, 9.17) is 0 Å². The zero-order chi connectivity index (χ0) is 12.7. The smallest absolute Gasteiger partial charge is 0.0930 e. The van der Waals surface area contributed by atoms with Crippen molar-refractivity contribution in [2.45, 2.75) is 89.9 Å². The Kier molecular flexibility index (Phi) is 6.85. The van der Waals surface area contributed by atoms with Crippen molar-refractivity contribution in [1.29, 1.82) is 0 Å². The molecule has 1 saturated carbocycles. The maximum Gasteiger partial charge on any atom is 0.0930 e. The highest BCUT2D eigenvalue weighted by molar-refractivity contribution is 7.65. The Morgan fingerprint density at radius 1 is 1.06 bits per heavy atom. The van der Waals surface area contributed by atoms with Crippen LogP contribution >= 0.6 is 7.14 Å². The van der Waals surface area contributed by atoms with Crippen LogP contribution in [0.15, 0.2) is 0 Å². The Bertz CT molecular complexity index is 241. The molecule has 0 radical (unpaired) electrons. The van der Waals surface area contributed by atoms with Crippen LogP contribution in [0.3, 0.4) is 0 Å². The number of unbranched alkanes of at least 4 members (excludes halogenated alkanes) is 4. The molecule has 102 valence electrons. The van der Waals surface area contributed by atoms with E-state index in [-0.39, 0.29) is 0 Å². The van der Waals surface area contributed by atoms with E-state index in [2.05, 4.69) is 20.8 Å². The Morgan fingerprint density at radius 2 is 1.65 bits per heavy atom. The predicted molar refractivity (Wildman–Crippen MR) is 78.6 cm³/mol. The van der Waals surface area contributed by atoms with Gasteiger partial charge in [-0.05, 0) is 19.3 Å². The molecule has 0 aromatic heterocycles. The zero-order valence-electron chi connectivity index (χ0n) is 12.1. The van der Waals surface area contributed by atoms with Gasteiger partial charge in [0.2, 0.25) is 0 Å². The monoisotopic (exact) mass is 258 g/mol. The van der Waals surface area contributed by atoms with Crippen LogP contribution in [-0.4, -0.2) is 17.5 Å². The van der Waals surface area contributed by atoms with Crippen LogP contribution in [0.25, 0.3) is 0 Å². The molecule has 0 amide bonds. The Hall–Kier alpha value is 0.230. The minimum atomic E-state index is -1.89. The maximum atomic E-state index is 13.1. The molecule has 0 bridgehead atoms. The topological polar surface area (TPSA) is 17.1 Å². The van der Waals surface area contributed by atoms with Crippen LogP contribution in [0.2, 0.25) is 0 Å². The van der Waals surface area contributed by atoms with Crippen molar-refractivity contribution in [1.82, 2.24) is 0 Å². The fourth-order valence-electron chi connectivity index (χ4n) is 3.17. The van der Waals surface area contributed by atoms with Crippen molar-refractivity contribution in [3.8, 4) is 0 Å². The summed E-state index contributed by atoms with van der Waals surface area (Å²) in [6, 6.07) is 0. The lowest BCUT2D eigenvalue weighted by Crippen LogP contribution is -2.14. The van der Waals surface area contributed by atoms with Gasteiger partial charge >= 0.3 is 0 Å². The van der Waals surface area contributed by atoms with Crippen molar-refractivity contribution in [3.63, 3.8) is 0 Å². The van der Waals surface area contributed by atoms with Crippen molar-refractivity contribution in [2.24, 2.45) is 0 Å². The predicted octanol–water partition coefficient (Wildman–Crippen LogP) is 5.67. The van der Waals surface area contributed by atoms with Crippen LogP contribution < -0.4 is 0 Å². The first-order chi connectivity index (χ1) is 8.11. The van der Waals surface area contributed by atoms with E-state index in [1.165, 1.54) is 57.8 Å². The van der Waals surface area contributed by atoms with Gasteiger partial charge in [-0.3, -0.25) is 0 Å². The zero-order valence-corrected chi connectivity index (χ0v) is 13.0. The fourth-order valence-corrected chi connectivity index (χ4v) is 6.85. The van der Waals surface area contributed by atoms with Crippen LogP contribution in [0.1, 0.15) is 78.6 Å². The Balaban J connectivity index is 2.39. The summed E-state index contributed by atoms with van der Waals surface area (Å²) in [5.41, 5.74) is 0.991. The molecular weight excluding hydrogens is 227 g/mol. The molecule has 1 fully saturated rings. The highest BCUT2D eigenvalue weighted by Crippen LogP contribution is 2.60. The Labute approximate surface area is 108 Å². The van der Waals surface area contributed by atoms with E-state index in [1.54, 1.807) is 0 Å². The molecule has 0 N–H and O–H groups in total.